The van der Waals surface area contributed by atoms with Crippen LogP contribution in [-0.2, 0) is 87.0 Å². The molecule has 518 valence electrons. The summed E-state index contributed by atoms with van der Waals surface area (Å²) < 4.78 is 138. The molecule has 35 heteroatoms. The number of nitrogens with one attached hydrogen (secondary N) is 2. The van der Waals surface area contributed by atoms with Gasteiger partial charge in [-0.2, -0.15) is 21.4 Å². The first-order chi connectivity index (χ1) is 44.4. The Morgan fingerprint density at radius 2 is 1.51 bits per heavy atom. The summed E-state index contributed by atoms with van der Waals surface area (Å²) in [4.78, 5) is 58.3. The van der Waals surface area contributed by atoms with Crippen molar-refractivity contribution in [2.24, 2.45) is 0 Å². The van der Waals surface area contributed by atoms with E-state index in [9.17, 15) is 49.6 Å². The smallest absolute Gasteiger partial charge is 0.382 e. The first-order valence-corrected chi connectivity index (χ1v) is 38.2. The molecule has 3 aliphatic heterocycles. The average molecular weight is 1430 g/mol. The number of unbranched alkanes of at least 4 members (excludes halogenated alkanes) is 2. The molecular weight excluding hydrogens is 1340 g/mol. The molecule has 3 aliphatic rings. The third-order valence-electron chi connectivity index (χ3n) is 15.6. The number of anilines is 2. The molecular formula is C59H85N9O20P2S4+2. The van der Waals surface area contributed by atoms with Crippen molar-refractivity contribution >= 4 is 104 Å². The van der Waals surface area contributed by atoms with Gasteiger partial charge in [0.1, 0.15) is 36.7 Å². The quantitative estimate of drug-likeness (QED) is 0.00428. The van der Waals surface area contributed by atoms with Crippen LogP contribution >= 0.6 is 37.7 Å². The molecule has 2 amide bonds. The Labute approximate surface area is 556 Å². The summed E-state index contributed by atoms with van der Waals surface area (Å²) in [6, 6.07) is 9.26. The Hall–Kier alpha value is -5.13. The number of amides is 2. The van der Waals surface area contributed by atoms with Crippen LogP contribution < -0.4 is 21.3 Å². The van der Waals surface area contributed by atoms with E-state index in [1.54, 1.807) is 16.7 Å². The summed E-state index contributed by atoms with van der Waals surface area (Å²) >= 11 is 0. The van der Waals surface area contributed by atoms with Crippen LogP contribution in [0.1, 0.15) is 104 Å². The number of carbonyl (C=O) groups is 2. The fraction of sp³-hybridized carbons (Fsp3) is 0.559. The number of ether oxygens (including phenoxy) is 6. The van der Waals surface area contributed by atoms with Gasteiger partial charge < -0.3 is 49.7 Å². The third kappa shape index (κ3) is 21.4. The lowest BCUT2D eigenvalue weighted by molar-refractivity contribution is -0.438. The minimum absolute atomic E-state index is 0.0878. The number of carbonyl (C=O) groups excluding carboxylic acids is 2. The molecule has 29 nitrogen and oxygen atoms in total. The predicted molar refractivity (Wildman–Crippen MR) is 354 cm³/mol. The zero-order chi connectivity index (χ0) is 68.5. The monoisotopic (exact) mass is 1430 g/mol. The third-order valence-corrected chi connectivity index (χ3v) is 22.1. The zero-order valence-corrected chi connectivity index (χ0v) is 58.5. The Morgan fingerprint density at radius 1 is 0.862 bits per heavy atom. The van der Waals surface area contributed by atoms with Crippen molar-refractivity contribution in [1.29, 1.82) is 0 Å². The van der Waals surface area contributed by atoms with Crippen LogP contribution in [0.2, 0.25) is 0 Å². The molecule has 94 heavy (non-hydrogen) atoms. The molecule has 0 saturated carbocycles. The van der Waals surface area contributed by atoms with Gasteiger partial charge in [0.05, 0.1) is 87.1 Å². The molecule has 8 N–H and O–H groups in total. The number of nitrogens with two attached hydrogens (primary N) is 1. The summed E-state index contributed by atoms with van der Waals surface area (Å²) in [5.41, 5.74) is 10.6. The number of likely N-dealkylation sites (N-methyl/N-ethyl adjacent to an activating group) is 1. The normalized spacial score (nSPS) is 19.2. The zero-order valence-electron chi connectivity index (χ0n) is 53.5. The van der Waals surface area contributed by atoms with E-state index in [0.29, 0.717) is 96.4 Å². The second-order valence-electron chi connectivity index (χ2n) is 23.6. The second kappa shape index (κ2) is 34.4. The SMILES string of the molecule is CCN1/C(=C/C=C/C=C/C2=[N+](CCCCCC(=O)NCCOCCOCCOCCOCCC(=O)NCC(C)(C)SSCO[C@@H]3C[C@H](n4cnc5c(N)ncnc54)O[C@@H]3COP(=O)(O)O[P+](=O)O)c3ccc(S(=O)(=O)O)cc3C2(C)C)C(C)(C)c2cc(S(=O)(=O)O)ccc21. The van der Waals surface area contributed by atoms with Crippen LogP contribution in [0.3, 0.4) is 0 Å². The predicted octanol–water partition coefficient (Wildman–Crippen LogP) is 7.62. The van der Waals surface area contributed by atoms with Crippen LogP contribution in [0.5, 0.6) is 0 Å². The van der Waals surface area contributed by atoms with E-state index in [4.69, 9.17) is 43.6 Å². The summed E-state index contributed by atoms with van der Waals surface area (Å²) in [6.45, 7) is 17.8. The van der Waals surface area contributed by atoms with Crippen molar-refractivity contribution in [3.63, 3.8) is 0 Å². The number of benzene rings is 2. The highest BCUT2D eigenvalue weighted by Crippen LogP contribution is 2.52. The molecule has 7 rings (SSSR count). The van der Waals surface area contributed by atoms with Crippen LogP contribution in [0.25, 0.3) is 11.2 Å². The highest BCUT2D eigenvalue weighted by atomic mass is 33.1. The number of hydrogen-bond donors (Lipinski definition) is 7. The molecule has 5 heterocycles. The van der Waals surface area contributed by atoms with E-state index in [2.05, 4.69) is 39.4 Å². The lowest BCUT2D eigenvalue weighted by atomic mass is 9.81. The van der Waals surface area contributed by atoms with Crippen molar-refractivity contribution in [2.45, 2.75) is 131 Å². The van der Waals surface area contributed by atoms with Crippen molar-refractivity contribution in [1.82, 2.24) is 30.2 Å². The second-order valence-corrected chi connectivity index (χ2v) is 31.7. The number of aromatic nitrogens is 4. The molecule has 2 aromatic heterocycles. The molecule has 2 aromatic carbocycles. The standard InChI is InChI=1S/C59H83N9O20P2S4/c1-8-66-45-20-18-41(93(75,76)77)33-43(45)58(4,5)49(66)15-11-9-12-16-50-59(6,7)44-34-42(94(78,79)80)19-21-46(44)67(50)24-14-10-13-17-51(69)61-23-26-82-28-30-84-32-31-83-29-27-81-25-22-52(70)62-37-57(2,3)92-91-40-85-47-35-53(68-39-65-54-55(60)63-38-64-56(54)68)87-48(47)36-86-90(73,74)88-89(71)72/h9,11-12,15-16,18-21,33-34,38-39,47-48,53H,8,10,13-14,17,22-32,35-37,40H2,1-7H3,(H6-2,60,61,62,63,64,69,70,71,72,73,74,75,76,77,78,79,80)/p+2/t47-,48-,53-/m1/s1. The van der Waals surface area contributed by atoms with Crippen molar-refractivity contribution < 1.29 is 96.3 Å². The van der Waals surface area contributed by atoms with E-state index in [1.807, 2.05) is 78.8 Å². The molecule has 1 saturated heterocycles. The van der Waals surface area contributed by atoms with E-state index in [1.165, 1.54) is 58.5 Å². The van der Waals surface area contributed by atoms with Crippen LogP contribution in [0.4, 0.5) is 17.2 Å². The molecule has 0 spiro atoms. The largest absolute Gasteiger partial charge is 0.705 e. The van der Waals surface area contributed by atoms with E-state index in [0.717, 1.165) is 46.8 Å². The first kappa shape index (κ1) is 76.2. The number of phosphoric acid groups is 1. The number of phosphoric ester groups is 1. The number of nitrogens with zero attached hydrogens (tertiary/aromatic N) is 6. The maximum Gasteiger partial charge on any atom is 0.705 e. The summed E-state index contributed by atoms with van der Waals surface area (Å²) in [5.74, 6) is 0.0602. The Balaban J connectivity index is 0.712. The molecule has 0 bridgehead atoms. The number of allylic oxidation sites excluding steroid dienone is 6. The average Bonchev–Trinajstić information content (AvgIpc) is 1.59. The van der Waals surface area contributed by atoms with E-state index in [-0.39, 0.29) is 52.8 Å². The highest BCUT2D eigenvalue weighted by molar-refractivity contribution is 8.77. The number of rotatable bonds is 40. The fourth-order valence-corrected chi connectivity index (χ4v) is 15.3. The molecule has 1 fully saturated rings. The van der Waals surface area contributed by atoms with Crippen LogP contribution in [-0.4, -0.2) is 186 Å². The summed E-state index contributed by atoms with van der Waals surface area (Å²) in [7, 11) is -14.3. The summed E-state index contributed by atoms with van der Waals surface area (Å²) in [6.07, 6.45) is 13.1. The minimum atomic E-state index is -4.88. The first-order valence-electron chi connectivity index (χ1n) is 30.3. The van der Waals surface area contributed by atoms with Crippen LogP contribution in [0.15, 0.2) is 94.9 Å². The maximum absolute atomic E-state index is 12.7. The Morgan fingerprint density at radius 3 is 2.18 bits per heavy atom. The highest BCUT2D eigenvalue weighted by Gasteiger charge is 2.46. The number of imidazole rings is 1. The van der Waals surface area contributed by atoms with Gasteiger partial charge in [0.2, 0.25) is 17.5 Å². The van der Waals surface area contributed by atoms with Gasteiger partial charge >= 0.3 is 16.1 Å². The van der Waals surface area contributed by atoms with Crippen molar-refractivity contribution in [3.05, 3.63) is 96.3 Å². The number of fused-ring (bicyclic) bond motifs is 3. The van der Waals surface area contributed by atoms with Gasteiger partial charge in [0, 0.05) is 89.1 Å². The lowest BCUT2D eigenvalue weighted by Gasteiger charge is -2.25. The van der Waals surface area contributed by atoms with E-state index >= 15 is 0 Å². The van der Waals surface area contributed by atoms with Gasteiger partial charge in [-0.05, 0) is 93.7 Å². The Kier molecular flexibility index (Phi) is 27.9. The topological polar surface area (TPSA) is 391 Å². The molecule has 0 radical (unpaired) electrons. The van der Waals surface area contributed by atoms with Gasteiger partial charge in [-0.3, -0.25) is 32.7 Å². The van der Waals surface area contributed by atoms with Crippen molar-refractivity contribution in [3.8, 4) is 0 Å². The number of nitrogen functional groups attached to an aromatic ring is 1. The Bertz CT molecular complexity index is 3720. The van der Waals surface area contributed by atoms with E-state index < -0.39 is 76.9 Å². The van der Waals surface area contributed by atoms with Gasteiger partial charge in [0.15, 0.2) is 17.2 Å². The van der Waals surface area contributed by atoms with Crippen molar-refractivity contribution in [2.75, 3.05) is 102 Å². The van der Waals surface area contributed by atoms with Gasteiger partial charge in [-0.15, -0.1) is 4.89 Å². The molecule has 5 atom stereocenters. The van der Waals surface area contributed by atoms with Gasteiger partial charge in [-0.25, -0.2) is 19.5 Å². The summed E-state index contributed by atoms with van der Waals surface area (Å²) in [5, 5.41) is 5.82. The maximum atomic E-state index is 12.7. The minimum Gasteiger partial charge on any atom is -0.382 e. The fourth-order valence-electron chi connectivity index (χ4n) is 10.9. The van der Waals surface area contributed by atoms with Gasteiger partial charge in [0.25, 0.3) is 20.2 Å². The molecule has 2 unspecified atom stereocenters. The lowest BCUT2D eigenvalue weighted by Crippen LogP contribution is -2.36. The van der Waals surface area contributed by atoms with Gasteiger partial charge in [-0.1, -0.05) is 53.7 Å². The molecule has 0 aliphatic carbocycles. The molecule has 4 aromatic rings. The number of hydrogen-bond acceptors (Lipinski definition) is 23. The van der Waals surface area contributed by atoms with Crippen LogP contribution in [0, 0.1) is 0 Å².